The zero-order valence-corrected chi connectivity index (χ0v) is 16.6. The number of benzene rings is 2. The first kappa shape index (κ1) is 18.3. The minimum absolute atomic E-state index is 0.0704. The molecular weight excluding hydrogens is 384 g/mol. The molecule has 1 unspecified atom stereocenters. The lowest BCUT2D eigenvalue weighted by atomic mass is 9.99. The van der Waals surface area contributed by atoms with Crippen LogP contribution in [-0.4, -0.2) is 31.2 Å². The number of hydrogen-bond acceptors (Lipinski definition) is 5. The minimum atomic E-state index is -0.244. The van der Waals surface area contributed by atoms with Gasteiger partial charge in [-0.15, -0.1) is 0 Å². The molecule has 30 heavy (non-hydrogen) atoms. The van der Waals surface area contributed by atoms with Gasteiger partial charge in [-0.25, -0.2) is 0 Å². The Balaban J connectivity index is 1.66. The molecule has 2 aromatic carbocycles. The van der Waals surface area contributed by atoms with Crippen LogP contribution in [0.2, 0.25) is 0 Å². The van der Waals surface area contributed by atoms with Crippen molar-refractivity contribution < 1.29 is 23.5 Å². The molecule has 1 aromatic heterocycles. The third-order valence-electron chi connectivity index (χ3n) is 5.44. The molecule has 0 bridgehead atoms. The van der Waals surface area contributed by atoms with E-state index in [0.29, 0.717) is 29.4 Å². The molecule has 0 N–H and O–H groups in total. The summed E-state index contributed by atoms with van der Waals surface area (Å²) in [6, 6.07) is 14.6. The van der Waals surface area contributed by atoms with E-state index in [9.17, 15) is 9.59 Å². The molecule has 0 fully saturated rings. The Kier molecular flexibility index (Phi) is 4.24. The number of ether oxygens (including phenoxy) is 2. The van der Waals surface area contributed by atoms with Gasteiger partial charge in [0.15, 0.2) is 17.3 Å². The first-order valence-corrected chi connectivity index (χ1v) is 9.73. The predicted molar refractivity (Wildman–Crippen MR) is 111 cm³/mol. The Morgan fingerprint density at radius 1 is 1.03 bits per heavy atom. The highest BCUT2D eigenvalue weighted by molar-refractivity contribution is 6.10. The van der Waals surface area contributed by atoms with Gasteiger partial charge in [-0.3, -0.25) is 9.59 Å². The fourth-order valence-electron chi connectivity index (χ4n) is 4.16. The van der Waals surface area contributed by atoms with Crippen LogP contribution in [0.5, 0.6) is 11.5 Å². The highest BCUT2D eigenvalue weighted by Crippen LogP contribution is 2.45. The largest absolute Gasteiger partial charge is 0.459 e. The van der Waals surface area contributed by atoms with Crippen LogP contribution in [0.1, 0.15) is 24.4 Å². The summed E-state index contributed by atoms with van der Waals surface area (Å²) >= 11 is 0. The van der Waals surface area contributed by atoms with E-state index in [4.69, 9.17) is 13.9 Å². The van der Waals surface area contributed by atoms with Gasteiger partial charge < -0.3 is 23.7 Å². The number of para-hydroxylation sites is 1. The Morgan fingerprint density at radius 2 is 1.90 bits per heavy atom. The van der Waals surface area contributed by atoms with E-state index in [-0.39, 0.29) is 30.4 Å². The standard InChI is InChI=1S/C23H20N2O5/c1-14-12-24(23(27)21-7-4-10-28-21)19-11-16(8-9-18(19)25(14)15(2)26)17-5-3-6-20-22(17)30-13-29-20/h3-11,14H,12-13H2,1-2H3. The zero-order chi connectivity index (χ0) is 20.8. The summed E-state index contributed by atoms with van der Waals surface area (Å²) in [5.74, 6) is 1.30. The fraction of sp³-hybridized carbons (Fsp3) is 0.217. The molecule has 0 saturated carbocycles. The second-order valence-electron chi connectivity index (χ2n) is 7.37. The first-order valence-electron chi connectivity index (χ1n) is 9.73. The van der Waals surface area contributed by atoms with E-state index in [2.05, 4.69) is 0 Å². The van der Waals surface area contributed by atoms with Crippen LogP contribution in [0.3, 0.4) is 0 Å². The second-order valence-corrected chi connectivity index (χ2v) is 7.37. The molecule has 3 heterocycles. The van der Waals surface area contributed by atoms with Gasteiger partial charge >= 0.3 is 0 Å². The number of hydrogen-bond donors (Lipinski definition) is 0. The van der Waals surface area contributed by atoms with Crippen LogP contribution in [0.4, 0.5) is 11.4 Å². The molecule has 7 heteroatoms. The number of fused-ring (bicyclic) bond motifs is 2. The summed E-state index contributed by atoms with van der Waals surface area (Å²) in [5.41, 5.74) is 3.07. The average molecular weight is 404 g/mol. The molecule has 2 amide bonds. The molecule has 0 radical (unpaired) electrons. The zero-order valence-electron chi connectivity index (χ0n) is 16.6. The summed E-state index contributed by atoms with van der Waals surface area (Å²) in [7, 11) is 0. The number of nitrogens with zero attached hydrogens (tertiary/aromatic N) is 2. The Morgan fingerprint density at radius 3 is 2.67 bits per heavy atom. The second kappa shape index (κ2) is 6.95. The lowest BCUT2D eigenvalue weighted by molar-refractivity contribution is -0.117. The fourth-order valence-corrected chi connectivity index (χ4v) is 4.16. The van der Waals surface area contributed by atoms with E-state index in [1.165, 1.54) is 13.2 Å². The summed E-state index contributed by atoms with van der Waals surface area (Å²) in [4.78, 5) is 28.9. The van der Waals surface area contributed by atoms with Crippen molar-refractivity contribution in [2.45, 2.75) is 19.9 Å². The van der Waals surface area contributed by atoms with Crippen LogP contribution in [0, 0.1) is 0 Å². The summed E-state index contributed by atoms with van der Waals surface area (Å²) in [6.45, 7) is 4.00. The van der Waals surface area contributed by atoms with Crippen molar-refractivity contribution in [1.29, 1.82) is 0 Å². The molecule has 7 nitrogen and oxygen atoms in total. The number of amides is 2. The Bertz CT molecular complexity index is 1140. The smallest absolute Gasteiger partial charge is 0.294 e. The molecule has 1 atom stereocenters. The van der Waals surface area contributed by atoms with Crippen molar-refractivity contribution in [3.8, 4) is 22.6 Å². The summed E-state index contributed by atoms with van der Waals surface area (Å²) in [6.07, 6.45) is 1.48. The number of furan rings is 1. The monoisotopic (exact) mass is 404 g/mol. The van der Waals surface area contributed by atoms with Gasteiger partial charge in [-0.05, 0) is 42.8 Å². The maximum Gasteiger partial charge on any atom is 0.294 e. The van der Waals surface area contributed by atoms with Crippen LogP contribution in [0.25, 0.3) is 11.1 Å². The predicted octanol–water partition coefficient (Wildman–Crippen LogP) is 4.08. The Labute approximate surface area is 173 Å². The van der Waals surface area contributed by atoms with E-state index in [1.54, 1.807) is 21.9 Å². The third-order valence-corrected chi connectivity index (χ3v) is 5.44. The van der Waals surface area contributed by atoms with Crippen LogP contribution >= 0.6 is 0 Å². The van der Waals surface area contributed by atoms with Crippen LogP contribution in [0.15, 0.2) is 59.2 Å². The lowest BCUT2D eigenvalue weighted by Gasteiger charge is -2.40. The normalized spacial score (nSPS) is 17.1. The lowest BCUT2D eigenvalue weighted by Crippen LogP contribution is -2.51. The van der Waals surface area contributed by atoms with Gasteiger partial charge in [0.2, 0.25) is 12.7 Å². The van der Waals surface area contributed by atoms with E-state index in [1.807, 2.05) is 43.3 Å². The first-order chi connectivity index (χ1) is 14.5. The number of carbonyl (C=O) groups excluding carboxylic acids is 2. The molecule has 0 spiro atoms. The molecule has 152 valence electrons. The van der Waals surface area contributed by atoms with E-state index >= 15 is 0 Å². The van der Waals surface area contributed by atoms with Gasteiger partial charge in [-0.2, -0.15) is 0 Å². The topological polar surface area (TPSA) is 72.2 Å². The van der Waals surface area contributed by atoms with Crippen molar-refractivity contribution in [1.82, 2.24) is 0 Å². The highest BCUT2D eigenvalue weighted by atomic mass is 16.7. The highest BCUT2D eigenvalue weighted by Gasteiger charge is 2.35. The Hall–Kier alpha value is -3.74. The molecule has 0 aliphatic carbocycles. The van der Waals surface area contributed by atoms with Gasteiger partial charge in [0, 0.05) is 19.0 Å². The van der Waals surface area contributed by atoms with E-state index < -0.39 is 0 Å². The minimum Gasteiger partial charge on any atom is -0.459 e. The maximum absolute atomic E-state index is 13.2. The summed E-state index contributed by atoms with van der Waals surface area (Å²) in [5, 5.41) is 0. The van der Waals surface area contributed by atoms with Gasteiger partial charge in [0.1, 0.15) is 0 Å². The number of carbonyl (C=O) groups is 2. The van der Waals surface area contributed by atoms with Crippen molar-refractivity contribution in [2.75, 3.05) is 23.1 Å². The van der Waals surface area contributed by atoms with Crippen LogP contribution < -0.4 is 19.3 Å². The van der Waals surface area contributed by atoms with Gasteiger partial charge in [-0.1, -0.05) is 18.2 Å². The SMILES string of the molecule is CC(=O)N1c2ccc(-c3cccc4c3OCO4)cc2N(C(=O)c2ccco2)CC1C. The average Bonchev–Trinajstić information content (AvgIpc) is 3.43. The van der Waals surface area contributed by atoms with Crippen molar-refractivity contribution in [3.63, 3.8) is 0 Å². The molecular formula is C23H20N2O5. The number of anilines is 2. The van der Waals surface area contributed by atoms with Gasteiger partial charge in [0.05, 0.1) is 23.7 Å². The molecule has 3 aromatic rings. The van der Waals surface area contributed by atoms with Crippen molar-refractivity contribution in [3.05, 3.63) is 60.6 Å². The van der Waals surface area contributed by atoms with E-state index in [0.717, 1.165) is 11.1 Å². The van der Waals surface area contributed by atoms with Crippen molar-refractivity contribution >= 4 is 23.2 Å². The quantitative estimate of drug-likeness (QED) is 0.644. The molecule has 2 aliphatic heterocycles. The summed E-state index contributed by atoms with van der Waals surface area (Å²) < 4.78 is 16.5. The molecule has 0 saturated heterocycles. The van der Waals surface area contributed by atoms with Crippen LogP contribution in [-0.2, 0) is 4.79 Å². The van der Waals surface area contributed by atoms with Gasteiger partial charge in [0.25, 0.3) is 5.91 Å². The maximum atomic E-state index is 13.2. The molecule has 2 aliphatic rings. The number of rotatable bonds is 2. The van der Waals surface area contributed by atoms with Crippen molar-refractivity contribution in [2.24, 2.45) is 0 Å². The third kappa shape index (κ3) is 2.82. The molecule has 5 rings (SSSR count).